The monoisotopic (exact) mass is 567 g/mol. The van der Waals surface area contributed by atoms with E-state index >= 15 is 0 Å². The van der Waals surface area contributed by atoms with Gasteiger partial charge in [0.1, 0.15) is 0 Å². The molecule has 1 aromatic rings. The summed E-state index contributed by atoms with van der Waals surface area (Å²) >= 11 is 6.63. The molecule has 0 bridgehead atoms. The molecule has 0 unspecified atom stereocenters. The van der Waals surface area contributed by atoms with E-state index in [1.54, 1.807) is 0 Å². The highest BCUT2D eigenvalue weighted by molar-refractivity contribution is 6.28. The van der Waals surface area contributed by atoms with Crippen LogP contribution in [0.15, 0.2) is 0 Å². The highest BCUT2D eigenvalue weighted by atomic mass is 35.5. The van der Waals surface area contributed by atoms with Crippen LogP contribution in [0.3, 0.4) is 0 Å². The molecule has 10 heteroatoms. The number of nitrogens with zero attached hydrogens (tertiary/aromatic N) is 5. The maximum Gasteiger partial charge on any atom is 0.231 e. The van der Waals surface area contributed by atoms with Crippen LogP contribution in [0.25, 0.3) is 0 Å². The Labute approximate surface area is 241 Å². The van der Waals surface area contributed by atoms with E-state index in [9.17, 15) is 10.4 Å². The third-order valence-corrected chi connectivity index (χ3v) is 9.10. The van der Waals surface area contributed by atoms with Crippen LogP contribution >= 0.6 is 11.6 Å². The number of hydrogen-bond donors (Lipinski definition) is 2. The van der Waals surface area contributed by atoms with Crippen molar-refractivity contribution in [1.29, 1.82) is 0 Å². The maximum absolute atomic E-state index is 13.2. The van der Waals surface area contributed by atoms with E-state index in [-0.39, 0.29) is 17.4 Å². The van der Waals surface area contributed by atoms with Crippen LogP contribution in [0.5, 0.6) is 0 Å². The first-order chi connectivity index (χ1) is 17.9. The molecule has 3 heterocycles. The summed E-state index contributed by atoms with van der Waals surface area (Å²) in [5.74, 6) is 1.19. The number of quaternary nitrogens is 2. The Kier molecular flexibility index (Phi) is 9.86. The lowest BCUT2D eigenvalue weighted by molar-refractivity contribution is -0.955. The van der Waals surface area contributed by atoms with Crippen LogP contribution in [-0.4, -0.2) is 62.3 Å². The topological polar surface area (TPSA) is 100 Å². The summed E-state index contributed by atoms with van der Waals surface area (Å²) in [7, 11) is 0. The van der Waals surface area contributed by atoms with Crippen molar-refractivity contribution < 1.29 is 10.1 Å². The maximum atomic E-state index is 13.2. The van der Waals surface area contributed by atoms with Gasteiger partial charge in [-0.1, -0.05) is 26.7 Å². The number of hydroxylamine groups is 4. The first-order valence-electron chi connectivity index (χ1n) is 15.0. The van der Waals surface area contributed by atoms with Crippen LogP contribution in [-0.2, 0) is 0 Å². The van der Waals surface area contributed by atoms with Gasteiger partial charge in [-0.3, -0.25) is 0 Å². The lowest BCUT2D eigenvalue weighted by Gasteiger charge is -2.56. The van der Waals surface area contributed by atoms with Crippen LogP contribution in [0.1, 0.15) is 121 Å². The molecule has 0 aromatic carbocycles. The first-order valence-corrected chi connectivity index (χ1v) is 15.4. The molecule has 2 fully saturated rings. The predicted molar refractivity (Wildman–Crippen MR) is 160 cm³/mol. The standard InChI is InChI=1S/C29H54ClN7O2/c1-11-13-15-34(21-17-26(3,4)36(38)27(5,6)18-21)24-31-23(30)32-25(33-24)35(16-14-12-2)22-19-28(7,8)37(39)29(9,10)20-22/h21-22,36-37H,11-20H2,1-10H3. The second kappa shape index (κ2) is 11.9. The highest BCUT2D eigenvalue weighted by Gasteiger charge is 2.49. The van der Waals surface area contributed by atoms with Gasteiger partial charge in [0.05, 0.1) is 22.2 Å². The largest absolute Gasteiger partial charge is 0.634 e. The number of piperidine rings is 2. The van der Waals surface area contributed by atoms with E-state index in [2.05, 4.69) is 89.0 Å². The highest BCUT2D eigenvalue weighted by Crippen LogP contribution is 2.33. The third-order valence-electron chi connectivity index (χ3n) is 8.93. The number of unbranched alkanes of at least 4 members (excludes halogenated alkanes) is 2. The van der Waals surface area contributed by atoms with Gasteiger partial charge in [-0.25, -0.2) is 0 Å². The zero-order valence-electron chi connectivity index (χ0n) is 26.2. The molecule has 9 nitrogen and oxygen atoms in total. The first kappa shape index (κ1) is 32.3. The van der Waals surface area contributed by atoms with Crippen molar-refractivity contribution in [2.75, 3.05) is 22.9 Å². The Morgan fingerprint density at radius 2 is 0.974 bits per heavy atom. The van der Waals surface area contributed by atoms with Gasteiger partial charge >= 0.3 is 0 Å². The van der Waals surface area contributed by atoms with Gasteiger partial charge in [-0.2, -0.15) is 15.0 Å². The lowest BCUT2D eigenvalue weighted by Crippen LogP contribution is -3.23. The summed E-state index contributed by atoms with van der Waals surface area (Å²) in [5.41, 5.74) is -1.68. The van der Waals surface area contributed by atoms with Crippen LogP contribution < -0.4 is 19.9 Å². The van der Waals surface area contributed by atoms with Gasteiger partial charge in [-0.05, 0) is 79.8 Å². The molecule has 0 atom stereocenters. The zero-order valence-corrected chi connectivity index (χ0v) is 26.9. The molecule has 2 aliphatic heterocycles. The summed E-state index contributed by atoms with van der Waals surface area (Å²) in [6.07, 6.45) is 7.10. The smallest absolute Gasteiger partial charge is 0.231 e. The van der Waals surface area contributed by atoms with Gasteiger partial charge in [0.25, 0.3) is 0 Å². The molecular formula is C29H54ClN7O2. The summed E-state index contributed by atoms with van der Waals surface area (Å²) in [6, 6.07) is 0.250. The second-order valence-electron chi connectivity index (χ2n) is 14.6. The fraction of sp³-hybridized carbons (Fsp3) is 0.897. The van der Waals surface area contributed by atoms with Gasteiger partial charge in [0, 0.05) is 50.9 Å². The number of hydrogen-bond acceptors (Lipinski definition) is 7. The van der Waals surface area contributed by atoms with Crippen LogP contribution in [0, 0.1) is 10.4 Å². The molecule has 1 aromatic heterocycles. The Morgan fingerprint density at radius 1 is 0.667 bits per heavy atom. The minimum Gasteiger partial charge on any atom is -0.634 e. The summed E-state index contributed by atoms with van der Waals surface area (Å²) in [4.78, 5) is 19.0. The molecule has 0 radical (unpaired) electrons. The van der Waals surface area contributed by atoms with E-state index in [0.717, 1.165) is 64.5 Å². The van der Waals surface area contributed by atoms with Gasteiger partial charge < -0.3 is 30.3 Å². The Balaban J connectivity index is 2.04. The van der Waals surface area contributed by atoms with Crippen molar-refractivity contribution >= 4 is 23.5 Å². The molecule has 0 amide bonds. The van der Waals surface area contributed by atoms with E-state index in [0.29, 0.717) is 22.0 Å². The fourth-order valence-corrected chi connectivity index (χ4v) is 7.43. The summed E-state index contributed by atoms with van der Waals surface area (Å²) in [6.45, 7) is 22.5. The van der Waals surface area contributed by atoms with Crippen molar-refractivity contribution in [3.63, 3.8) is 0 Å². The van der Waals surface area contributed by atoms with Crippen molar-refractivity contribution in [2.24, 2.45) is 0 Å². The zero-order chi connectivity index (χ0) is 29.4. The van der Waals surface area contributed by atoms with Crippen LogP contribution in [0.4, 0.5) is 11.9 Å². The van der Waals surface area contributed by atoms with Crippen LogP contribution in [0.2, 0.25) is 5.28 Å². The van der Waals surface area contributed by atoms with E-state index in [1.807, 2.05) is 0 Å². The van der Waals surface area contributed by atoms with Crippen molar-refractivity contribution in [3.05, 3.63) is 15.7 Å². The lowest BCUT2D eigenvalue weighted by atomic mass is 9.78. The number of halogens is 1. The fourth-order valence-electron chi connectivity index (χ4n) is 7.28. The van der Waals surface area contributed by atoms with Gasteiger partial charge in [-0.15, -0.1) is 0 Å². The van der Waals surface area contributed by atoms with Gasteiger partial charge in [0.15, 0.2) is 0 Å². The predicted octanol–water partition coefficient (Wildman–Crippen LogP) is 3.94. The second-order valence-corrected chi connectivity index (χ2v) is 15.0. The number of rotatable bonds is 10. The molecule has 2 aliphatic rings. The Morgan fingerprint density at radius 3 is 1.26 bits per heavy atom. The van der Waals surface area contributed by atoms with E-state index in [4.69, 9.17) is 16.6 Å². The van der Waals surface area contributed by atoms with Crippen molar-refractivity contribution in [3.8, 4) is 0 Å². The molecule has 3 rings (SSSR count). The van der Waals surface area contributed by atoms with Gasteiger partial charge in [0.2, 0.25) is 17.2 Å². The number of nitrogens with one attached hydrogen (secondary N) is 2. The average Bonchev–Trinajstić information content (AvgIpc) is 2.80. The van der Waals surface area contributed by atoms with E-state index < -0.39 is 22.2 Å². The molecule has 39 heavy (non-hydrogen) atoms. The Bertz CT molecular complexity index is 863. The minimum absolute atomic E-state index is 0.125. The van der Waals surface area contributed by atoms with Crippen molar-refractivity contribution in [2.45, 2.75) is 155 Å². The summed E-state index contributed by atoms with van der Waals surface area (Å²) in [5, 5.41) is 27.2. The molecule has 0 spiro atoms. The molecule has 2 N–H and O–H groups in total. The van der Waals surface area contributed by atoms with Crippen molar-refractivity contribution in [1.82, 2.24) is 15.0 Å². The molecule has 224 valence electrons. The molecule has 2 saturated heterocycles. The third kappa shape index (κ3) is 7.15. The quantitative estimate of drug-likeness (QED) is 0.413. The Hall–Kier alpha value is -1.26. The normalized spacial score (nSPS) is 29.2. The molecule has 0 aliphatic carbocycles. The number of aromatic nitrogens is 3. The molecule has 0 saturated carbocycles. The summed E-state index contributed by atoms with van der Waals surface area (Å²) < 4.78 is 0. The van der Waals surface area contributed by atoms with E-state index in [1.165, 1.54) is 0 Å². The SMILES string of the molecule is CCCCN(c1nc(Cl)nc(N(CCCC)C2CC(C)(C)[NH+]([O-])C(C)(C)C2)n1)C1CC(C)(C)[NH+]([O-])C(C)(C)C1. The molecular weight excluding hydrogens is 514 g/mol. The average molecular weight is 568 g/mol. The number of anilines is 2. The minimum atomic E-state index is -0.421.